The molecule has 1 atom stereocenters. The molecule has 1 aliphatic carbocycles. The molecule has 0 radical (unpaired) electrons. The molecule has 4 rings (SSSR count). The fourth-order valence-electron chi connectivity index (χ4n) is 5.37. The first-order valence-corrected chi connectivity index (χ1v) is 11.4. The van der Waals surface area contributed by atoms with Gasteiger partial charge in [0, 0.05) is 12.5 Å². The summed E-state index contributed by atoms with van der Waals surface area (Å²) in [6.07, 6.45) is 8.70. The van der Waals surface area contributed by atoms with E-state index in [-0.39, 0.29) is 11.7 Å². The molecule has 3 heteroatoms. The normalized spacial score (nSPS) is 21.7. The van der Waals surface area contributed by atoms with Crippen molar-refractivity contribution < 1.29 is 9.50 Å². The molecule has 1 saturated heterocycles. The average molecular weight is 396 g/mol. The van der Waals surface area contributed by atoms with Crippen LogP contribution in [0.5, 0.6) is 0 Å². The van der Waals surface area contributed by atoms with Crippen LogP contribution in [0.3, 0.4) is 0 Å². The second kappa shape index (κ2) is 9.40. The third kappa shape index (κ3) is 5.26. The van der Waals surface area contributed by atoms with Crippen molar-refractivity contribution in [2.45, 2.75) is 62.9 Å². The lowest BCUT2D eigenvalue weighted by Crippen LogP contribution is -2.46. The number of hydrogen-bond donors (Lipinski definition) is 1. The van der Waals surface area contributed by atoms with Crippen molar-refractivity contribution in [2.24, 2.45) is 5.92 Å². The van der Waals surface area contributed by atoms with E-state index >= 15 is 0 Å². The number of rotatable bonds is 6. The van der Waals surface area contributed by atoms with Crippen LogP contribution in [0.1, 0.15) is 62.0 Å². The van der Waals surface area contributed by atoms with Gasteiger partial charge in [-0.05, 0) is 74.4 Å². The molecule has 2 aromatic rings. The largest absolute Gasteiger partial charge is 0.389 e. The van der Waals surface area contributed by atoms with Gasteiger partial charge in [-0.15, -0.1) is 0 Å². The van der Waals surface area contributed by atoms with Crippen molar-refractivity contribution in [2.75, 3.05) is 19.6 Å². The SMILES string of the molecule is OC1(C(CN2CCC(Cc3ccccc3)CC2)c2ccc(F)cc2)CCCCC1. The Morgan fingerprint density at radius 2 is 1.59 bits per heavy atom. The molecule has 1 aliphatic heterocycles. The number of likely N-dealkylation sites (tertiary alicyclic amines) is 1. The van der Waals surface area contributed by atoms with Gasteiger partial charge in [-0.3, -0.25) is 0 Å². The summed E-state index contributed by atoms with van der Waals surface area (Å²) in [5.41, 5.74) is 1.87. The van der Waals surface area contributed by atoms with Gasteiger partial charge in [0.05, 0.1) is 5.60 Å². The fourth-order valence-corrected chi connectivity index (χ4v) is 5.37. The van der Waals surface area contributed by atoms with Crippen molar-refractivity contribution in [1.82, 2.24) is 4.90 Å². The Bertz CT molecular complexity index is 746. The highest BCUT2D eigenvalue weighted by atomic mass is 19.1. The van der Waals surface area contributed by atoms with Crippen LogP contribution < -0.4 is 0 Å². The molecule has 2 aromatic carbocycles. The van der Waals surface area contributed by atoms with Crippen molar-refractivity contribution in [3.63, 3.8) is 0 Å². The van der Waals surface area contributed by atoms with Crippen LogP contribution in [0.15, 0.2) is 54.6 Å². The van der Waals surface area contributed by atoms with Gasteiger partial charge in [-0.25, -0.2) is 4.39 Å². The third-order valence-electron chi connectivity index (χ3n) is 7.16. The Balaban J connectivity index is 1.41. The average Bonchev–Trinajstić information content (AvgIpc) is 2.75. The first-order chi connectivity index (χ1) is 14.1. The molecule has 0 spiro atoms. The number of halogens is 1. The molecular weight excluding hydrogens is 361 g/mol. The van der Waals surface area contributed by atoms with Crippen molar-refractivity contribution in [3.8, 4) is 0 Å². The van der Waals surface area contributed by atoms with E-state index in [4.69, 9.17) is 0 Å². The lowest BCUT2D eigenvalue weighted by atomic mass is 9.72. The van der Waals surface area contributed by atoms with E-state index < -0.39 is 5.60 Å². The third-order valence-corrected chi connectivity index (χ3v) is 7.16. The molecule has 0 amide bonds. The van der Waals surface area contributed by atoms with Crippen molar-refractivity contribution in [3.05, 3.63) is 71.5 Å². The number of piperidine rings is 1. The zero-order chi connectivity index (χ0) is 20.1. The molecular formula is C26H34FNO. The van der Waals surface area contributed by atoms with Crippen LogP contribution in [0.25, 0.3) is 0 Å². The summed E-state index contributed by atoms with van der Waals surface area (Å²) in [6, 6.07) is 17.7. The zero-order valence-corrected chi connectivity index (χ0v) is 17.4. The number of benzene rings is 2. The predicted octanol–water partition coefficient (Wildman–Crippen LogP) is 5.56. The summed E-state index contributed by atoms with van der Waals surface area (Å²) in [5.74, 6) is 0.606. The van der Waals surface area contributed by atoms with E-state index in [1.165, 1.54) is 31.2 Å². The molecule has 1 saturated carbocycles. The van der Waals surface area contributed by atoms with Crippen molar-refractivity contribution >= 4 is 0 Å². The van der Waals surface area contributed by atoms with Crippen LogP contribution in [-0.4, -0.2) is 35.2 Å². The van der Waals surface area contributed by atoms with Gasteiger partial charge < -0.3 is 10.0 Å². The van der Waals surface area contributed by atoms with Gasteiger partial charge in [0.15, 0.2) is 0 Å². The number of nitrogens with zero attached hydrogens (tertiary/aromatic N) is 1. The first kappa shape index (κ1) is 20.6. The predicted molar refractivity (Wildman–Crippen MR) is 116 cm³/mol. The Morgan fingerprint density at radius 3 is 2.24 bits per heavy atom. The molecule has 2 nitrogen and oxygen atoms in total. The minimum Gasteiger partial charge on any atom is -0.389 e. The van der Waals surface area contributed by atoms with Crippen LogP contribution in [0.2, 0.25) is 0 Å². The van der Waals surface area contributed by atoms with E-state index in [0.717, 1.165) is 56.8 Å². The molecule has 2 fully saturated rings. The van der Waals surface area contributed by atoms with Gasteiger partial charge in [-0.1, -0.05) is 61.7 Å². The summed E-state index contributed by atoms with van der Waals surface area (Å²) < 4.78 is 13.5. The van der Waals surface area contributed by atoms with Gasteiger partial charge in [0.25, 0.3) is 0 Å². The lowest BCUT2D eigenvalue weighted by molar-refractivity contribution is -0.0331. The van der Waals surface area contributed by atoms with E-state index in [9.17, 15) is 9.50 Å². The molecule has 0 aromatic heterocycles. The lowest BCUT2D eigenvalue weighted by Gasteiger charge is -2.43. The Kier molecular flexibility index (Phi) is 6.67. The van der Waals surface area contributed by atoms with Crippen LogP contribution >= 0.6 is 0 Å². The first-order valence-electron chi connectivity index (χ1n) is 11.4. The molecule has 1 heterocycles. The van der Waals surface area contributed by atoms with Gasteiger partial charge >= 0.3 is 0 Å². The highest BCUT2D eigenvalue weighted by molar-refractivity contribution is 5.25. The zero-order valence-electron chi connectivity index (χ0n) is 17.4. The molecule has 0 bridgehead atoms. The topological polar surface area (TPSA) is 23.5 Å². The highest BCUT2D eigenvalue weighted by Crippen LogP contribution is 2.41. The quantitative estimate of drug-likeness (QED) is 0.692. The molecule has 29 heavy (non-hydrogen) atoms. The van der Waals surface area contributed by atoms with Crippen LogP contribution in [-0.2, 0) is 6.42 Å². The standard InChI is InChI=1S/C26H34FNO/c27-24-11-9-23(10-12-24)25(26(29)15-5-2-6-16-26)20-28-17-13-22(14-18-28)19-21-7-3-1-4-8-21/h1,3-4,7-12,22,25,29H,2,5-6,13-20H2. The Labute approximate surface area is 174 Å². The maximum Gasteiger partial charge on any atom is 0.123 e. The Hall–Kier alpha value is -1.71. The van der Waals surface area contributed by atoms with E-state index in [2.05, 4.69) is 35.2 Å². The highest BCUT2D eigenvalue weighted by Gasteiger charge is 2.40. The van der Waals surface area contributed by atoms with E-state index in [1.54, 1.807) is 12.1 Å². The minimum absolute atomic E-state index is 0.0640. The second-order valence-corrected chi connectivity index (χ2v) is 9.20. The summed E-state index contributed by atoms with van der Waals surface area (Å²) in [5, 5.41) is 11.5. The van der Waals surface area contributed by atoms with Gasteiger partial charge in [0.1, 0.15) is 5.82 Å². The van der Waals surface area contributed by atoms with Crippen molar-refractivity contribution in [1.29, 1.82) is 0 Å². The van der Waals surface area contributed by atoms with Gasteiger partial charge in [-0.2, -0.15) is 0 Å². The van der Waals surface area contributed by atoms with E-state index in [1.807, 2.05) is 12.1 Å². The number of aliphatic hydroxyl groups is 1. The maximum atomic E-state index is 13.5. The minimum atomic E-state index is -0.656. The van der Waals surface area contributed by atoms with Crippen LogP contribution in [0.4, 0.5) is 4.39 Å². The Morgan fingerprint density at radius 1 is 0.931 bits per heavy atom. The molecule has 2 aliphatic rings. The summed E-state index contributed by atoms with van der Waals surface area (Å²) in [6.45, 7) is 3.05. The molecule has 1 N–H and O–H groups in total. The maximum absolute atomic E-state index is 13.5. The number of hydrogen-bond acceptors (Lipinski definition) is 2. The summed E-state index contributed by atoms with van der Waals surface area (Å²) in [4.78, 5) is 2.53. The van der Waals surface area contributed by atoms with Crippen LogP contribution in [0, 0.1) is 11.7 Å². The second-order valence-electron chi connectivity index (χ2n) is 9.20. The molecule has 156 valence electrons. The fraction of sp³-hybridized carbons (Fsp3) is 0.538. The summed E-state index contributed by atoms with van der Waals surface area (Å²) >= 11 is 0. The summed E-state index contributed by atoms with van der Waals surface area (Å²) in [7, 11) is 0. The van der Waals surface area contributed by atoms with E-state index in [0.29, 0.717) is 0 Å². The molecule has 1 unspecified atom stereocenters. The monoisotopic (exact) mass is 395 g/mol. The van der Waals surface area contributed by atoms with Gasteiger partial charge in [0.2, 0.25) is 0 Å². The smallest absolute Gasteiger partial charge is 0.123 e.